The minimum atomic E-state index is -0.233. The Kier molecular flexibility index (Phi) is 7.01. The second-order valence-corrected chi connectivity index (χ2v) is 8.01. The van der Waals surface area contributed by atoms with Gasteiger partial charge in [0, 0.05) is 55.4 Å². The van der Waals surface area contributed by atoms with E-state index in [0.717, 1.165) is 60.1 Å². The summed E-state index contributed by atoms with van der Waals surface area (Å²) in [5.41, 5.74) is 5.23. The van der Waals surface area contributed by atoms with E-state index >= 15 is 0 Å². The summed E-state index contributed by atoms with van der Waals surface area (Å²) in [7, 11) is 0. The van der Waals surface area contributed by atoms with Gasteiger partial charge in [0.05, 0.1) is 17.9 Å². The van der Waals surface area contributed by atoms with Crippen LogP contribution in [0.1, 0.15) is 23.0 Å². The van der Waals surface area contributed by atoms with Crippen LogP contribution in [0.5, 0.6) is 0 Å². The Morgan fingerprint density at radius 2 is 1.67 bits per heavy atom. The second-order valence-electron chi connectivity index (χ2n) is 8.01. The highest BCUT2D eigenvalue weighted by atomic mass is 35.5. The topological polar surface area (TPSA) is 60.9 Å². The predicted octanol–water partition coefficient (Wildman–Crippen LogP) is 4.65. The molecule has 170 valence electrons. The van der Waals surface area contributed by atoms with Gasteiger partial charge in [-0.25, -0.2) is 9.37 Å². The fourth-order valence-corrected chi connectivity index (χ4v) is 4.41. The summed E-state index contributed by atoms with van der Waals surface area (Å²) in [6, 6.07) is 16.7. The Morgan fingerprint density at radius 1 is 0.909 bits per heavy atom. The summed E-state index contributed by atoms with van der Waals surface area (Å²) < 4.78 is 13.4. The third-order valence-electron chi connectivity index (χ3n) is 6.05. The molecule has 1 N–H and O–H groups in total. The van der Waals surface area contributed by atoms with Crippen molar-refractivity contribution < 1.29 is 4.39 Å². The van der Waals surface area contributed by atoms with Crippen molar-refractivity contribution in [3.8, 4) is 11.1 Å². The molecule has 1 aliphatic heterocycles. The molecule has 1 saturated heterocycles. The summed E-state index contributed by atoms with van der Waals surface area (Å²) in [4.78, 5) is 14.1. The summed E-state index contributed by atoms with van der Waals surface area (Å²) in [6.45, 7) is 5.46. The normalized spacial score (nSPS) is 15.2. The quantitative estimate of drug-likeness (QED) is 0.466. The lowest BCUT2D eigenvalue weighted by molar-refractivity contribution is 0.208. The first-order valence-corrected chi connectivity index (χ1v) is 10.8. The molecular weight excluding hydrogens is 439 g/mol. The number of hydrogen-bond acceptors (Lipinski definition) is 5. The predicted molar refractivity (Wildman–Crippen MR) is 130 cm³/mol. The van der Waals surface area contributed by atoms with E-state index in [1.54, 1.807) is 0 Å². The number of aromatic nitrogens is 4. The van der Waals surface area contributed by atoms with E-state index in [-0.39, 0.29) is 24.3 Å². The Labute approximate surface area is 198 Å². The second kappa shape index (κ2) is 10.1. The van der Waals surface area contributed by atoms with Crippen molar-refractivity contribution in [1.82, 2.24) is 25.1 Å². The number of nitrogens with zero attached hydrogens (tertiary/aromatic N) is 5. The first-order chi connectivity index (χ1) is 15.7. The molecule has 1 aliphatic rings. The zero-order valence-electron chi connectivity index (χ0n) is 18.4. The Balaban J connectivity index is 0.00000259. The molecule has 1 unspecified atom stereocenters. The van der Waals surface area contributed by atoms with E-state index in [2.05, 4.69) is 43.0 Å². The van der Waals surface area contributed by atoms with Crippen LogP contribution in [0.3, 0.4) is 0 Å². The number of hydrogen-bond donors (Lipinski definition) is 1. The Hall–Kier alpha value is -3.29. The van der Waals surface area contributed by atoms with Crippen LogP contribution in [0.15, 0.2) is 73.2 Å². The molecule has 4 heterocycles. The number of pyridine rings is 2. The fourth-order valence-electron chi connectivity index (χ4n) is 4.41. The number of rotatable bonds is 5. The van der Waals surface area contributed by atoms with Crippen LogP contribution in [0.25, 0.3) is 11.1 Å². The van der Waals surface area contributed by atoms with Crippen molar-refractivity contribution in [1.29, 1.82) is 0 Å². The van der Waals surface area contributed by atoms with Crippen molar-refractivity contribution in [2.45, 2.75) is 13.0 Å². The average Bonchev–Trinajstić information content (AvgIpc) is 3.26. The molecule has 1 atom stereocenters. The fraction of sp³-hybridized carbons (Fsp3) is 0.240. The molecule has 33 heavy (non-hydrogen) atoms. The third-order valence-corrected chi connectivity index (χ3v) is 6.05. The van der Waals surface area contributed by atoms with Gasteiger partial charge in [-0.1, -0.05) is 18.2 Å². The first kappa shape index (κ1) is 22.9. The van der Waals surface area contributed by atoms with Crippen molar-refractivity contribution in [2.24, 2.45) is 0 Å². The summed E-state index contributed by atoms with van der Waals surface area (Å²) >= 11 is 0. The molecule has 6 nitrogen and oxygen atoms in total. The van der Waals surface area contributed by atoms with Gasteiger partial charge in [0.25, 0.3) is 0 Å². The van der Waals surface area contributed by atoms with Gasteiger partial charge in [0.1, 0.15) is 11.6 Å². The van der Waals surface area contributed by atoms with Crippen LogP contribution >= 0.6 is 12.4 Å². The molecule has 5 rings (SSSR count). The number of anilines is 1. The van der Waals surface area contributed by atoms with Crippen molar-refractivity contribution in [3.63, 3.8) is 0 Å². The first-order valence-electron chi connectivity index (χ1n) is 10.8. The SMILES string of the molecule is Cc1[nH]ncc1C(c1ccccn1)N1CCN(c2ncccc2-c2ccc(F)cc2)CC1.Cl. The molecule has 8 heteroatoms. The van der Waals surface area contributed by atoms with E-state index in [1.807, 2.05) is 55.0 Å². The Morgan fingerprint density at radius 3 is 2.33 bits per heavy atom. The molecule has 0 bridgehead atoms. The number of benzene rings is 1. The minimum absolute atomic E-state index is 0. The molecular formula is C25H26ClFN6. The molecule has 0 amide bonds. The molecule has 0 aliphatic carbocycles. The number of nitrogens with one attached hydrogen (secondary N) is 1. The molecule has 0 saturated carbocycles. The minimum Gasteiger partial charge on any atom is -0.354 e. The number of aromatic amines is 1. The van der Waals surface area contributed by atoms with Crippen LogP contribution in [-0.4, -0.2) is 51.2 Å². The van der Waals surface area contributed by atoms with Gasteiger partial charge < -0.3 is 4.90 Å². The van der Waals surface area contributed by atoms with Gasteiger partial charge in [-0.15, -0.1) is 12.4 Å². The average molecular weight is 465 g/mol. The van der Waals surface area contributed by atoms with Crippen LogP contribution in [0, 0.1) is 12.7 Å². The summed E-state index contributed by atoms with van der Waals surface area (Å²) in [5, 5.41) is 7.32. The van der Waals surface area contributed by atoms with Crippen molar-refractivity contribution in [2.75, 3.05) is 31.1 Å². The number of halogens is 2. The molecule has 1 aromatic carbocycles. The highest BCUT2D eigenvalue weighted by Gasteiger charge is 2.30. The molecule has 1 fully saturated rings. The monoisotopic (exact) mass is 464 g/mol. The van der Waals surface area contributed by atoms with E-state index < -0.39 is 0 Å². The van der Waals surface area contributed by atoms with Crippen LogP contribution in [-0.2, 0) is 0 Å². The third kappa shape index (κ3) is 4.74. The maximum Gasteiger partial charge on any atom is 0.136 e. The number of aryl methyl sites for hydroxylation is 1. The molecule has 3 aromatic heterocycles. The van der Waals surface area contributed by atoms with Gasteiger partial charge in [0.15, 0.2) is 0 Å². The lowest BCUT2D eigenvalue weighted by atomic mass is 10.0. The number of H-pyrrole nitrogens is 1. The van der Waals surface area contributed by atoms with Crippen molar-refractivity contribution >= 4 is 18.2 Å². The summed E-state index contributed by atoms with van der Waals surface area (Å²) in [6.07, 6.45) is 5.57. The molecule has 4 aromatic rings. The van der Waals surface area contributed by atoms with Crippen LogP contribution < -0.4 is 4.90 Å². The number of piperazine rings is 1. The maximum atomic E-state index is 13.4. The van der Waals surface area contributed by atoms with Gasteiger partial charge in [0.2, 0.25) is 0 Å². The van der Waals surface area contributed by atoms with E-state index in [9.17, 15) is 4.39 Å². The largest absolute Gasteiger partial charge is 0.354 e. The van der Waals surface area contributed by atoms with Gasteiger partial charge >= 0.3 is 0 Å². The van der Waals surface area contributed by atoms with Crippen molar-refractivity contribution in [3.05, 3.63) is 96.0 Å². The molecule has 0 radical (unpaired) electrons. The van der Waals surface area contributed by atoms with Gasteiger partial charge in [-0.05, 0) is 48.9 Å². The summed E-state index contributed by atoms with van der Waals surface area (Å²) in [5.74, 6) is 0.704. The maximum absolute atomic E-state index is 13.4. The highest BCUT2D eigenvalue weighted by molar-refractivity contribution is 5.85. The standard InChI is InChI=1S/C25H25FN6.ClH/c1-18-22(17-29-30-18)24(23-6-2-3-11-27-23)31-13-15-32(16-14-31)25-21(5-4-12-28-25)19-7-9-20(26)10-8-19;/h2-12,17,24H,13-16H2,1H3,(H,29,30);1H. The van der Waals surface area contributed by atoms with E-state index in [0.29, 0.717) is 0 Å². The van der Waals surface area contributed by atoms with Crippen LogP contribution in [0.2, 0.25) is 0 Å². The van der Waals surface area contributed by atoms with Crippen LogP contribution in [0.4, 0.5) is 10.2 Å². The van der Waals surface area contributed by atoms with E-state index in [1.165, 1.54) is 12.1 Å². The lowest BCUT2D eigenvalue weighted by Gasteiger charge is -2.40. The smallest absolute Gasteiger partial charge is 0.136 e. The van der Waals surface area contributed by atoms with E-state index in [4.69, 9.17) is 0 Å². The lowest BCUT2D eigenvalue weighted by Crippen LogP contribution is -2.48. The van der Waals surface area contributed by atoms with Gasteiger partial charge in [-0.3, -0.25) is 15.0 Å². The van der Waals surface area contributed by atoms with Gasteiger partial charge in [-0.2, -0.15) is 5.10 Å². The molecule has 0 spiro atoms. The Bertz CT molecular complexity index is 1170. The highest BCUT2D eigenvalue weighted by Crippen LogP contribution is 2.33. The zero-order valence-corrected chi connectivity index (χ0v) is 19.2. The zero-order chi connectivity index (χ0) is 21.9.